The Morgan fingerprint density at radius 2 is 2.05 bits per heavy atom. The van der Waals surface area contributed by atoms with Gasteiger partial charge in [0.25, 0.3) is 0 Å². The number of aryl methyl sites for hydroxylation is 1. The average molecular weight is 280 g/mol. The van der Waals surface area contributed by atoms with E-state index in [0.29, 0.717) is 37.1 Å². The van der Waals surface area contributed by atoms with E-state index < -0.39 is 0 Å². The molecule has 0 radical (unpaired) electrons. The fraction of sp³-hybridized carbons (Fsp3) is 0.583. The number of hydrogen-bond acceptors (Lipinski definition) is 7. The Kier molecular flexibility index (Phi) is 5.22. The third-order valence-electron chi connectivity index (χ3n) is 2.73. The minimum atomic E-state index is 0.311. The van der Waals surface area contributed by atoms with Crippen LogP contribution in [0.25, 0.3) is 11.0 Å². The summed E-state index contributed by atoms with van der Waals surface area (Å²) in [5, 5.41) is 4.92. The Hall–Kier alpha value is -1.77. The predicted molar refractivity (Wildman–Crippen MR) is 74.9 cm³/mol. The van der Waals surface area contributed by atoms with Crippen LogP contribution >= 0.6 is 0 Å². The molecule has 2 aromatic rings. The van der Waals surface area contributed by atoms with E-state index in [1.807, 2.05) is 7.05 Å². The summed E-state index contributed by atoms with van der Waals surface area (Å²) in [5.74, 6) is 6.57. The highest BCUT2D eigenvalue weighted by molar-refractivity contribution is 5.86. The number of hydrazine groups is 1. The third kappa shape index (κ3) is 3.41. The van der Waals surface area contributed by atoms with Crippen molar-refractivity contribution in [3.8, 4) is 0 Å². The van der Waals surface area contributed by atoms with E-state index in [0.717, 1.165) is 18.4 Å². The first-order chi connectivity index (χ1) is 9.76. The first kappa shape index (κ1) is 14.6. The Bertz CT molecular complexity index is 556. The molecule has 2 rings (SSSR count). The van der Waals surface area contributed by atoms with Gasteiger partial charge < -0.3 is 14.9 Å². The average Bonchev–Trinajstić information content (AvgIpc) is 2.84. The van der Waals surface area contributed by atoms with Crippen LogP contribution in [0.5, 0.6) is 0 Å². The predicted octanol–water partition coefficient (Wildman–Crippen LogP) is 0.592. The van der Waals surface area contributed by atoms with Crippen molar-refractivity contribution in [3.63, 3.8) is 0 Å². The fourth-order valence-corrected chi connectivity index (χ4v) is 1.77. The van der Waals surface area contributed by atoms with E-state index in [1.54, 1.807) is 10.9 Å². The van der Waals surface area contributed by atoms with Gasteiger partial charge in [0.1, 0.15) is 6.61 Å². The Balaban J connectivity index is 1.98. The molecule has 3 N–H and O–H groups in total. The van der Waals surface area contributed by atoms with Crippen molar-refractivity contribution < 1.29 is 9.47 Å². The minimum absolute atomic E-state index is 0.311. The van der Waals surface area contributed by atoms with Gasteiger partial charge in [-0.15, -0.1) is 0 Å². The molecule has 0 unspecified atom stereocenters. The number of nitrogens with zero attached hydrogens (tertiary/aromatic N) is 4. The molecule has 0 amide bonds. The highest BCUT2D eigenvalue weighted by Gasteiger charge is 2.10. The van der Waals surface area contributed by atoms with Gasteiger partial charge in [-0.05, 0) is 6.42 Å². The summed E-state index contributed by atoms with van der Waals surface area (Å²) in [6.07, 6.45) is 2.68. The number of ether oxygens (including phenoxy) is 2. The molecule has 0 aliphatic carbocycles. The summed E-state index contributed by atoms with van der Waals surface area (Å²) in [6.45, 7) is 4.22. The second kappa shape index (κ2) is 7.13. The lowest BCUT2D eigenvalue weighted by Gasteiger charge is -2.07. The maximum Gasteiger partial charge on any atom is 0.163 e. The molecule has 2 aromatic heterocycles. The molecule has 0 aliphatic rings. The van der Waals surface area contributed by atoms with Crippen LogP contribution in [0.3, 0.4) is 0 Å². The number of fused-ring (bicyclic) bond motifs is 1. The molecule has 0 fully saturated rings. The lowest BCUT2D eigenvalue weighted by atomic mass is 10.4. The second-order valence-corrected chi connectivity index (χ2v) is 4.30. The normalized spacial score (nSPS) is 11.2. The Morgan fingerprint density at radius 3 is 2.80 bits per heavy atom. The van der Waals surface area contributed by atoms with Crippen LogP contribution in [0.2, 0.25) is 0 Å². The number of hydrogen-bond donors (Lipinski definition) is 2. The number of aromatic nitrogens is 4. The maximum absolute atomic E-state index is 5.48. The second-order valence-electron chi connectivity index (χ2n) is 4.30. The third-order valence-corrected chi connectivity index (χ3v) is 2.73. The van der Waals surface area contributed by atoms with Crippen molar-refractivity contribution in [2.24, 2.45) is 12.9 Å². The summed E-state index contributed by atoms with van der Waals surface area (Å²) >= 11 is 0. The zero-order valence-electron chi connectivity index (χ0n) is 11.8. The van der Waals surface area contributed by atoms with Gasteiger partial charge in [-0.1, -0.05) is 6.92 Å². The first-order valence-corrected chi connectivity index (χ1v) is 6.57. The quantitative estimate of drug-likeness (QED) is 0.414. The van der Waals surface area contributed by atoms with Gasteiger partial charge >= 0.3 is 0 Å². The zero-order chi connectivity index (χ0) is 14.4. The lowest BCUT2D eigenvalue weighted by Crippen LogP contribution is -2.12. The number of nitrogens with two attached hydrogens (primary N) is 1. The molecule has 20 heavy (non-hydrogen) atoms. The van der Waals surface area contributed by atoms with Crippen molar-refractivity contribution in [2.75, 3.05) is 25.2 Å². The molecule has 2 heterocycles. The van der Waals surface area contributed by atoms with Crippen LogP contribution < -0.4 is 11.3 Å². The number of nitrogens with one attached hydrogen (secondary N) is 1. The minimum Gasteiger partial charge on any atom is -0.379 e. The first-order valence-electron chi connectivity index (χ1n) is 6.57. The van der Waals surface area contributed by atoms with Crippen molar-refractivity contribution in [2.45, 2.75) is 20.0 Å². The standard InChI is InChI=1S/C12H20N6O2/c1-3-4-19-5-6-20-8-10-15-11(17-13)9-7-14-18(2)12(9)16-10/h7H,3-6,8,13H2,1-2H3,(H,15,16,17). The van der Waals surface area contributed by atoms with Crippen molar-refractivity contribution in [1.29, 1.82) is 0 Å². The molecule has 0 saturated heterocycles. The molecule has 0 atom stereocenters. The van der Waals surface area contributed by atoms with E-state index in [2.05, 4.69) is 27.4 Å². The monoisotopic (exact) mass is 280 g/mol. The van der Waals surface area contributed by atoms with Gasteiger partial charge in [-0.25, -0.2) is 15.8 Å². The highest BCUT2D eigenvalue weighted by Crippen LogP contribution is 2.18. The van der Waals surface area contributed by atoms with E-state index in [1.165, 1.54) is 0 Å². The van der Waals surface area contributed by atoms with Crippen LogP contribution in [0.1, 0.15) is 19.2 Å². The van der Waals surface area contributed by atoms with Crippen LogP contribution in [0.4, 0.5) is 5.82 Å². The maximum atomic E-state index is 5.48. The molecule has 0 spiro atoms. The van der Waals surface area contributed by atoms with Gasteiger partial charge in [0.15, 0.2) is 17.3 Å². The molecular weight excluding hydrogens is 260 g/mol. The fourth-order valence-electron chi connectivity index (χ4n) is 1.77. The van der Waals surface area contributed by atoms with Gasteiger partial charge in [-0.2, -0.15) is 5.10 Å². The lowest BCUT2D eigenvalue weighted by molar-refractivity contribution is 0.0386. The van der Waals surface area contributed by atoms with Gasteiger partial charge in [0, 0.05) is 13.7 Å². The van der Waals surface area contributed by atoms with Crippen molar-refractivity contribution >= 4 is 16.9 Å². The molecule has 0 saturated carbocycles. The largest absolute Gasteiger partial charge is 0.379 e. The van der Waals surface area contributed by atoms with Gasteiger partial charge in [0.05, 0.1) is 24.8 Å². The van der Waals surface area contributed by atoms with E-state index in [4.69, 9.17) is 15.3 Å². The SMILES string of the molecule is CCCOCCOCc1nc(NN)c2cnn(C)c2n1. The molecule has 0 bridgehead atoms. The molecule has 110 valence electrons. The zero-order valence-corrected chi connectivity index (χ0v) is 11.8. The van der Waals surface area contributed by atoms with Crippen molar-refractivity contribution in [1.82, 2.24) is 19.7 Å². The Labute approximate surface area is 117 Å². The van der Waals surface area contributed by atoms with Crippen LogP contribution in [-0.4, -0.2) is 39.6 Å². The molecule has 0 aliphatic heterocycles. The van der Waals surface area contributed by atoms with Gasteiger partial charge in [-0.3, -0.25) is 4.68 Å². The Morgan fingerprint density at radius 1 is 1.25 bits per heavy atom. The summed E-state index contributed by atoms with van der Waals surface area (Å²) in [7, 11) is 1.82. The molecule has 0 aromatic carbocycles. The summed E-state index contributed by atoms with van der Waals surface area (Å²) in [6, 6.07) is 0. The van der Waals surface area contributed by atoms with Crippen LogP contribution in [0, 0.1) is 0 Å². The smallest absolute Gasteiger partial charge is 0.163 e. The van der Waals surface area contributed by atoms with E-state index in [-0.39, 0.29) is 0 Å². The van der Waals surface area contributed by atoms with Crippen LogP contribution in [-0.2, 0) is 23.1 Å². The van der Waals surface area contributed by atoms with E-state index >= 15 is 0 Å². The molecule has 8 heteroatoms. The van der Waals surface area contributed by atoms with Crippen molar-refractivity contribution in [3.05, 3.63) is 12.0 Å². The van der Waals surface area contributed by atoms with Crippen LogP contribution in [0.15, 0.2) is 6.20 Å². The van der Waals surface area contributed by atoms with Gasteiger partial charge in [0.2, 0.25) is 0 Å². The topological polar surface area (TPSA) is 100 Å². The highest BCUT2D eigenvalue weighted by atomic mass is 16.5. The molecule has 8 nitrogen and oxygen atoms in total. The number of anilines is 1. The number of rotatable bonds is 8. The summed E-state index contributed by atoms with van der Waals surface area (Å²) in [5.41, 5.74) is 3.27. The summed E-state index contributed by atoms with van der Waals surface area (Å²) < 4.78 is 12.5. The molecular formula is C12H20N6O2. The number of nitrogen functional groups attached to an aromatic ring is 1. The summed E-state index contributed by atoms with van der Waals surface area (Å²) in [4.78, 5) is 8.71. The van der Waals surface area contributed by atoms with E-state index in [9.17, 15) is 0 Å².